The zero-order chi connectivity index (χ0) is 9.10. The Morgan fingerprint density at radius 1 is 1.38 bits per heavy atom. The van der Waals surface area contributed by atoms with Gasteiger partial charge in [-0.05, 0) is 15.9 Å². The fourth-order valence-corrected chi connectivity index (χ4v) is 1.70. The molecule has 0 amide bonds. The summed E-state index contributed by atoms with van der Waals surface area (Å²) in [6.07, 6.45) is 0. The van der Waals surface area contributed by atoms with Crippen LogP contribution in [0.25, 0.3) is 0 Å². The molecule has 0 aliphatic heterocycles. The van der Waals surface area contributed by atoms with Gasteiger partial charge in [0.05, 0.1) is 6.54 Å². The summed E-state index contributed by atoms with van der Waals surface area (Å²) in [6, 6.07) is 0. The van der Waals surface area contributed by atoms with Crippen molar-refractivity contribution in [3.63, 3.8) is 0 Å². The van der Waals surface area contributed by atoms with Crippen molar-refractivity contribution >= 4 is 32.4 Å². The van der Waals surface area contributed by atoms with Gasteiger partial charge in [0.25, 0.3) is 0 Å². The fraction of sp³-hybridized carbons (Fsp3) is 0.250. The largest absolute Gasteiger partial charge is 0.353 e. The molecule has 13 heavy (non-hydrogen) atoms. The van der Waals surface area contributed by atoms with Crippen molar-refractivity contribution in [3.8, 4) is 0 Å². The van der Waals surface area contributed by atoms with Crippen LogP contribution in [0.15, 0.2) is 3.92 Å². The molecular formula is C4H4BrN7S. The molecule has 0 bridgehead atoms. The fourth-order valence-electron chi connectivity index (χ4n) is 0.689. The molecule has 0 fully saturated rings. The average Bonchev–Trinajstić information content (AvgIpc) is 2.71. The topological polar surface area (TPSA) is 92.3 Å². The average molecular weight is 262 g/mol. The summed E-state index contributed by atoms with van der Waals surface area (Å²) in [5.74, 6) is 0.589. The molecule has 0 aliphatic rings. The van der Waals surface area contributed by atoms with Gasteiger partial charge >= 0.3 is 0 Å². The summed E-state index contributed by atoms with van der Waals surface area (Å²) in [5, 5.41) is 24.7. The number of tetrazole rings is 1. The summed E-state index contributed by atoms with van der Waals surface area (Å²) in [7, 11) is 0. The van der Waals surface area contributed by atoms with E-state index in [0.717, 1.165) is 9.05 Å². The van der Waals surface area contributed by atoms with Crippen molar-refractivity contribution in [2.75, 3.05) is 5.32 Å². The lowest BCUT2D eigenvalue weighted by atomic mass is 10.6. The number of H-pyrrole nitrogens is 1. The van der Waals surface area contributed by atoms with E-state index < -0.39 is 0 Å². The van der Waals surface area contributed by atoms with Gasteiger partial charge in [-0.25, -0.2) is 0 Å². The van der Waals surface area contributed by atoms with Crippen molar-refractivity contribution in [2.45, 2.75) is 6.54 Å². The van der Waals surface area contributed by atoms with Crippen LogP contribution in [0.3, 0.4) is 0 Å². The van der Waals surface area contributed by atoms with E-state index in [0.29, 0.717) is 12.4 Å². The van der Waals surface area contributed by atoms with Gasteiger partial charge < -0.3 is 5.32 Å². The lowest BCUT2D eigenvalue weighted by Crippen LogP contribution is -2.00. The highest BCUT2D eigenvalue weighted by Gasteiger charge is 2.02. The SMILES string of the molecule is Brc1nnc(NCc2nn[nH]n2)s1. The molecule has 0 spiro atoms. The molecule has 7 nitrogen and oxygen atoms in total. The predicted molar refractivity (Wildman–Crippen MR) is 49.1 cm³/mol. The molecule has 2 heterocycles. The van der Waals surface area contributed by atoms with Gasteiger partial charge in [0.1, 0.15) is 0 Å². The van der Waals surface area contributed by atoms with Crippen LogP contribution in [0.2, 0.25) is 0 Å². The van der Waals surface area contributed by atoms with E-state index in [1.807, 2.05) is 0 Å². The van der Waals surface area contributed by atoms with E-state index in [9.17, 15) is 0 Å². The molecule has 0 aromatic carbocycles. The number of aromatic nitrogens is 6. The Morgan fingerprint density at radius 2 is 2.31 bits per heavy atom. The summed E-state index contributed by atoms with van der Waals surface area (Å²) in [5.41, 5.74) is 0. The lowest BCUT2D eigenvalue weighted by molar-refractivity contribution is 0.881. The van der Waals surface area contributed by atoms with Gasteiger partial charge in [0, 0.05) is 0 Å². The van der Waals surface area contributed by atoms with Crippen LogP contribution in [0, 0.1) is 0 Å². The second-order valence-electron chi connectivity index (χ2n) is 2.04. The normalized spacial score (nSPS) is 10.2. The van der Waals surface area contributed by atoms with Gasteiger partial charge in [-0.2, -0.15) is 5.21 Å². The van der Waals surface area contributed by atoms with E-state index in [-0.39, 0.29) is 0 Å². The number of hydrogen-bond acceptors (Lipinski definition) is 7. The third kappa shape index (κ3) is 2.18. The van der Waals surface area contributed by atoms with E-state index in [1.54, 1.807) is 0 Å². The number of aromatic amines is 1. The van der Waals surface area contributed by atoms with E-state index >= 15 is 0 Å². The maximum Gasteiger partial charge on any atom is 0.206 e. The number of halogens is 1. The summed E-state index contributed by atoms with van der Waals surface area (Å²) >= 11 is 4.61. The summed E-state index contributed by atoms with van der Waals surface area (Å²) in [6.45, 7) is 0.484. The maximum absolute atomic E-state index is 3.84. The van der Waals surface area contributed by atoms with Crippen molar-refractivity contribution in [2.24, 2.45) is 0 Å². The number of nitrogens with zero attached hydrogens (tertiary/aromatic N) is 5. The second kappa shape index (κ2) is 3.75. The third-order valence-corrected chi connectivity index (χ3v) is 2.50. The standard InChI is InChI=1S/C4H4BrN7S/c5-3-9-10-4(13-3)6-1-2-7-11-12-8-2/h1H2,(H,6,10)(H,7,8,11,12). The molecule has 2 aromatic rings. The summed E-state index contributed by atoms with van der Waals surface area (Å²) < 4.78 is 0.739. The smallest absolute Gasteiger partial charge is 0.206 e. The minimum absolute atomic E-state index is 0.484. The Balaban J connectivity index is 1.93. The molecule has 68 valence electrons. The van der Waals surface area contributed by atoms with E-state index in [1.165, 1.54) is 11.3 Å². The Morgan fingerprint density at radius 3 is 2.92 bits per heavy atom. The molecule has 2 rings (SSSR count). The Bertz CT molecular complexity index is 370. The van der Waals surface area contributed by atoms with Gasteiger partial charge in [-0.1, -0.05) is 16.6 Å². The molecule has 2 N–H and O–H groups in total. The van der Waals surface area contributed by atoms with Crippen LogP contribution >= 0.6 is 27.3 Å². The number of nitrogens with one attached hydrogen (secondary N) is 2. The Hall–Kier alpha value is -1.09. The van der Waals surface area contributed by atoms with E-state index in [2.05, 4.69) is 52.1 Å². The van der Waals surface area contributed by atoms with Crippen molar-refractivity contribution in [3.05, 3.63) is 9.74 Å². The molecule has 0 aliphatic carbocycles. The van der Waals surface area contributed by atoms with Gasteiger partial charge in [0.2, 0.25) is 5.13 Å². The molecule has 0 unspecified atom stereocenters. The zero-order valence-electron chi connectivity index (χ0n) is 6.23. The minimum Gasteiger partial charge on any atom is -0.353 e. The summed E-state index contributed by atoms with van der Waals surface area (Å²) in [4.78, 5) is 0. The Kier molecular flexibility index (Phi) is 2.45. The van der Waals surface area contributed by atoms with Crippen LogP contribution in [0.5, 0.6) is 0 Å². The minimum atomic E-state index is 0.484. The maximum atomic E-state index is 3.84. The van der Waals surface area contributed by atoms with Gasteiger partial charge in [0.15, 0.2) is 9.74 Å². The quantitative estimate of drug-likeness (QED) is 0.833. The first-order chi connectivity index (χ1) is 6.34. The molecule has 9 heteroatoms. The number of rotatable bonds is 3. The molecule has 0 radical (unpaired) electrons. The van der Waals surface area contributed by atoms with E-state index in [4.69, 9.17) is 0 Å². The first kappa shape index (κ1) is 8.51. The number of hydrogen-bond donors (Lipinski definition) is 2. The van der Waals surface area contributed by atoms with Crippen LogP contribution in [0.4, 0.5) is 5.13 Å². The zero-order valence-corrected chi connectivity index (χ0v) is 8.63. The molecular weight excluding hydrogens is 258 g/mol. The van der Waals surface area contributed by atoms with Crippen LogP contribution < -0.4 is 5.32 Å². The molecule has 2 aromatic heterocycles. The first-order valence-corrected chi connectivity index (χ1v) is 4.91. The molecule has 0 saturated heterocycles. The highest BCUT2D eigenvalue weighted by atomic mass is 79.9. The second-order valence-corrected chi connectivity index (χ2v) is 4.30. The highest BCUT2D eigenvalue weighted by Crippen LogP contribution is 2.19. The third-order valence-electron chi connectivity index (χ3n) is 1.19. The Labute approximate surface area is 85.1 Å². The molecule has 0 saturated carbocycles. The van der Waals surface area contributed by atoms with Crippen LogP contribution in [-0.2, 0) is 6.54 Å². The number of anilines is 1. The van der Waals surface area contributed by atoms with Crippen molar-refractivity contribution in [1.29, 1.82) is 0 Å². The first-order valence-electron chi connectivity index (χ1n) is 3.30. The van der Waals surface area contributed by atoms with Crippen molar-refractivity contribution < 1.29 is 0 Å². The molecule has 0 atom stereocenters. The van der Waals surface area contributed by atoms with Gasteiger partial charge in [-0.15, -0.1) is 20.4 Å². The van der Waals surface area contributed by atoms with Crippen LogP contribution in [0.1, 0.15) is 5.82 Å². The highest BCUT2D eigenvalue weighted by molar-refractivity contribution is 9.11. The van der Waals surface area contributed by atoms with Gasteiger partial charge in [-0.3, -0.25) is 0 Å². The van der Waals surface area contributed by atoms with Crippen LogP contribution in [-0.4, -0.2) is 30.8 Å². The monoisotopic (exact) mass is 261 g/mol. The van der Waals surface area contributed by atoms with Crippen molar-refractivity contribution in [1.82, 2.24) is 30.8 Å². The predicted octanol–water partition coefficient (Wildman–Crippen LogP) is 0.426. The lowest BCUT2D eigenvalue weighted by Gasteiger charge is -1.93.